The van der Waals surface area contributed by atoms with E-state index < -0.39 is 0 Å². The Morgan fingerprint density at radius 3 is 2.00 bits per heavy atom. The lowest BCUT2D eigenvalue weighted by molar-refractivity contribution is 0.457. The second-order valence-corrected chi connectivity index (χ2v) is 6.83. The SMILES string of the molecule is CC1(C)C(C(Cl)Cc2ccc(F)cc2)C1(C)C. The largest absolute Gasteiger partial charge is 0.207 e. The van der Waals surface area contributed by atoms with Crippen molar-refractivity contribution in [2.24, 2.45) is 16.7 Å². The Morgan fingerprint density at radius 2 is 1.59 bits per heavy atom. The number of hydrogen-bond acceptors (Lipinski definition) is 0. The molecule has 2 heteroatoms. The van der Waals surface area contributed by atoms with Gasteiger partial charge < -0.3 is 0 Å². The van der Waals surface area contributed by atoms with Gasteiger partial charge in [0.2, 0.25) is 0 Å². The number of rotatable bonds is 3. The summed E-state index contributed by atoms with van der Waals surface area (Å²) in [6.07, 6.45) is 0.819. The van der Waals surface area contributed by atoms with Crippen LogP contribution < -0.4 is 0 Å². The molecule has 0 nitrogen and oxygen atoms in total. The third-order valence-electron chi connectivity index (χ3n) is 4.84. The molecule has 0 bridgehead atoms. The van der Waals surface area contributed by atoms with Crippen molar-refractivity contribution < 1.29 is 4.39 Å². The smallest absolute Gasteiger partial charge is 0.123 e. The zero-order chi connectivity index (χ0) is 12.8. The molecule has 17 heavy (non-hydrogen) atoms. The first-order valence-corrected chi connectivity index (χ1v) is 6.59. The van der Waals surface area contributed by atoms with Gasteiger partial charge in [0, 0.05) is 5.38 Å². The van der Waals surface area contributed by atoms with Gasteiger partial charge in [-0.15, -0.1) is 11.6 Å². The van der Waals surface area contributed by atoms with Gasteiger partial charge in [-0.25, -0.2) is 4.39 Å². The van der Waals surface area contributed by atoms with Gasteiger partial charge in [-0.05, 0) is 40.9 Å². The number of benzene rings is 1. The zero-order valence-corrected chi connectivity index (χ0v) is 11.7. The summed E-state index contributed by atoms with van der Waals surface area (Å²) in [6, 6.07) is 6.66. The molecule has 1 saturated carbocycles. The van der Waals surface area contributed by atoms with Crippen molar-refractivity contribution in [1.82, 2.24) is 0 Å². The molecule has 1 unspecified atom stereocenters. The molecule has 1 aromatic carbocycles. The Morgan fingerprint density at radius 1 is 1.12 bits per heavy atom. The molecule has 0 N–H and O–H groups in total. The number of halogens is 2. The highest BCUT2D eigenvalue weighted by molar-refractivity contribution is 6.21. The first-order valence-electron chi connectivity index (χ1n) is 6.15. The lowest BCUT2D eigenvalue weighted by atomic mass is 10.0. The van der Waals surface area contributed by atoms with E-state index in [1.807, 2.05) is 12.1 Å². The van der Waals surface area contributed by atoms with Crippen molar-refractivity contribution in [3.63, 3.8) is 0 Å². The molecule has 1 aromatic rings. The van der Waals surface area contributed by atoms with E-state index >= 15 is 0 Å². The van der Waals surface area contributed by atoms with Crippen molar-refractivity contribution in [3.8, 4) is 0 Å². The fourth-order valence-corrected chi connectivity index (χ4v) is 3.92. The average molecular weight is 255 g/mol. The molecule has 2 rings (SSSR count). The molecule has 0 amide bonds. The highest BCUT2D eigenvalue weighted by Gasteiger charge is 2.66. The third-order valence-corrected chi connectivity index (χ3v) is 5.24. The number of alkyl halides is 1. The summed E-state index contributed by atoms with van der Waals surface area (Å²) < 4.78 is 12.8. The van der Waals surface area contributed by atoms with Gasteiger partial charge in [0.25, 0.3) is 0 Å². The Hall–Kier alpha value is -0.560. The molecule has 0 spiro atoms. The van der Waals surface area contributed by atoms with Crippen molar-refractivity contribution in [1.29, 1.82) is 0 Å². The van der Waals surface area contributed by atoms with E-state index in [4.69, 9.17) is 11.6 Å². The average Bonchev–Trinajstić information content (AvgIpc) is 2.61. The van der Waals surface area contributed by atoms with Crippen LogP contribution in [0.5, 0.6) is 0 Å². The summed E-state index contributed by atoms with van der Waals surface area (Å²) in [5, 5.41) is 0.130. The maximum atomic E-state index is 12.8. The Bertz CT molecular complexity index is 391. The van der Waals surface area contributed by atoms with Gasteiger partial charge in [0.1, 0.15) is 5.82 Å². The van der Waals surface area contributed by atoms with Crippen LogP contribution in [0.1, 0.15) is 33.3 Å². The normalized spacial score (nSPS) is 23.4. The molecular weight excluding hydrogens is 235 g/mol. The molecule has 1 aliphatic carbocycles. The van der Waals surface area contributed by atoms with E-state index in [0.29, 0.717) is 16.7 Å². The van der Waals surface area contributed by atoms with Gasteiger partial charge in [-0.1, -0.05) is 39.8 Å². The lowest BCUT2D eigenvalue weighted by Gasteiger charge is -2.11. The van der Waals surface area contributed by atoms with Crippen LogP contribution >= 0.6 is 11.6 Å². The summed E-state index contributed by atoms with van der Waals surface area (Å²) in [7, 11) is 0. The molecule has 94 valence electrons. The van der Waals surface area contributed by atoms with Crippen molar-refractivity contribution in [2.45, 2.75) is 39.5 Å². The summed E-state index contributed by atoms with van der Waals surface area (Å²) in [5.74, 6) is 0.341. The Labute approximate surface area is 108 Å². The van der Waals surface area contributed by atoms with Crippen molar-refractivity contribution >= 4 is 11.6 Å². The maximum absolute atomic E-state index is 12.8. The van der Waals surface area contributed by atoms with E-state index in [1.54, 1.807) is 0 Å². The molecule has 0 radical (unpaired) electrons. The van der Waals surface area contributed by atoms with Crippen LogP contribution in [0.25, 0.3) is 0 Å². The van der Waals surface area contributed by atoms with Crippen LogP contribution in [0.3, 0.4) is 0 Å². The van der Waals surface area contributed by atoms with E-state index in [1.165, 1.54) is 12.1 Å². The maximum Gasteiger partial charge on any atom is 0.123 e. The summed E-state index contributed by atoms with van der Waals surface area (Å²) in [5.41, 5.74) is 1.73. The highest BCUT2D eigenvalue weighted by Crippen LogP contribution is 2.70. The molecule has 0 aromatic heterocycles. The van der Waals surface area contributed by atoms with Gasteiger partial charge in [0.15, 0.2) is 0 Å². The van der Waals surface area contributed by atoms with Gasteiger partial charge >= 0.3 is 0 Å². The minimum absolute atomic E-state index is 0.130. The second kappa shape index (κ2) is 3.98. The van der Waals surface area contributed by atoms with Gasteiger partial charge in [-0.2, -0.15) is 0 Å². The van der Waals surface area contributed by atoms with E-state index in [9.17, 15) is 4.39 Å². The van der Waals surface area contributed by atoms with Crippen LogP contribution in [0.15, 0.2) is 24.3 Å². The second-order valence-electron chi connectivity index (χ2n) is 6.27. The predicted octanol–water partition coefficient (Wildman–Crippen LogP) is 4.66. The van der Waals surface area contributed by atoms with E-state index in [0.717, 1.165) is 12.0 Å². The van der Waals surface area contributed by atoms with Crippen LogP contribution in [0, 0.1) is 22.6 Å². The monoisotopic (exact) mass is 254 g/mol. The molecule has 1 aliphatic rings. The number of hydrogen-bond donors (Lipinski definition) is 0. The first kappa shape index (κ1) is 12.9. The summed E-state index contributed by atoms with van der Waals surface area (Å²) in [6.45, 7) is 9.10. The Balaban J connectivity index is 2.04. The molecule has 0 saturated heterocycles. The van der Waals surface area contributed by atoms with Crippen LogP contribution in [-0.2, 0) is 6.42 Å². The van der Waals surface area contributed by atoms with Crippen molar-refractivity contribution in [2.75, 3.05) is 0 Å². The molecule has 0 heterocycles. The minimum atomic E-state index is -0.188. The lowest BCUT2D eigenvalue weighted by Crippen LogP contribution is -2.11. The standard InChI is InChI=1S/C15H20ClF/c1-14(2)13(15(14,3)4)12(16)9-10-5-7-11(17)8-6-10/h5-8,12-13H,9H2,1-4H3. The van der Waals surface area contributed by atoms with Crippen molar-refractivity contribution in [3.05, 3.63) is 35.6 Å². The van der Waals surface area contributed by atoms with Crippen LogP contribution in [-0.4, -0.2) is 5.38 Å². The molecule has 0 aliphatic heterocycles. The fraction of sp³-hybridized carbons (Fsp3) is 0.600. The first-order chi connectivity index (χ1) is 7.76. The zero-order valence-electron chi connectivity index (χ0n) is 10.9. The Kier molecular flexibility index (Phi) is 3.02. The summed E-state index contributed by atoms with van der Waals surface area (Å²) >= 11 is 6.53. The highest BCUT2D eigenvalue weighted by atomic mass is 35.5. The molecule has 1 fully saturated rings. The third kappa shape index (κ3) is 2.10. The van der Waals surface area contributed by atoms with E-state index in [-0.39, 0.29) is 11.2 Å². The topological polar surface area (TPSA) is 0 Å². The summed E-state index contributed by atoms with van der Waals surface area (Å²) in [4.78, 5) is 0. The quantitative estimate of drug-likeness (QED) is 0.689. The van der Waals surface area contributed by atoms with Gasteiger partial charge in [-0.3, -0.25) is 0 Å². The molecular formula is C15H20ClF. The van der Waals surface area contributed by atoms with Gasteiger partial charge in [0.05, 0.1) is 0 Å². The van der Waals surface area contributed by atoms with E-state index in [2.05, 4.69) is 27.7 Å². The minimum Gasteiger partial charge on any atom is -0.207 e. The van der Waals surface area contributed by atoms with Crippen LogP contribution in [0.4, 0.5) is 4.39 Å². The van der Waals surface area contributed by atoms with Crippen LogP contribution in [0.2, 0.25) is 0 Å². The fourth-order valence-electron chi connectivity index (χ4n) is 3.12. The predicted molar refractivity (Wildman–Crippen MR) is 70.8 cm³/mol. The molecule has 1 atom stereocenters.